The number of carbonyl (C=O) groups is 1. The summed E-state index contributed by atoms with van der Waals surface area (Å²) < 4.78 is 4.61. The van der Waals surface area contributed by atoms with E-state index in [2.05, 4.69) is 20.8 Å². The Bertz CT molecular complexity index is 596. The number of aromatic nitrogens is 2. The van der Waals surface area contributed by atoms with Crippen LogP contribution in [0.15, 0.2) is 36.7 Å². The van der Waals surface area contributed by atoms with Crippen LogP contribution in [-0.4, -0.2) is 29.6 Å². The fourth-order valence-corrected chi connectivity index (χ4v) is 1.94. The number of methoxy groups -OCH3 is 1. The first-order chi connectivity index (χ1) is 9.65. The van der Waals surface area contributed by atoms with Crippen molar-refractivity contribution in [3.8, 4) is 0 Å². The summed E-state index contributed by atoms with van der Waals surface area (Å²) in [6, 6.07) is 8.15. The zero-order valence-electron chi connectivity index (χ0n) is 11.8. The first kappa shape index (κ1) is 14.0. The molecule has 0 saturated heterocycles. The topological polar surface area (TPSA) is 55.3 Å². The van der Waals surface area contributed by atoms with Gasteiger partial charge < -0.3 is 9.64 Å². The van der Waals surface area contributed by atoms with Crippen LogP contribution < -0.4 is 4.90 Å². The number of carbonyl (C=O) groups excluding carboxylic acids is 1. The third kappa shape index (κ3) is 2.93. The average molecular weight is 271 g/mol. The molecule has 5 nitrogen and oxygen atoms in total. The lowest BCUT2D eigenvalue weighted by molar-refractivity contribution is 0.0593. The van der Waals surface area contributed by atoms with Crippen molar-refractivity contribution in [1.82, 2.24) is 9.97 Å². The van der Waals surface area contributed by atoms with Gasteiger partial charge in [-0.25, -0.2) is 14.8 Å². The van der Waals surface area contributed by atoms with Crippen molar-refractivity contribution in [2.75, 3.05) is 18.6 Å². The molecule has 2 aromatic rings. The molecular weight excluding hydrogens is 254 g/mol. The van der Waals surface area contributed by atoms with Gasteiger partial charge in [0.1, 0.15) is 0 Å². The molecule has 0 unspecified atom stereocenters. The lowest BCUT2D eigenvalue weighted by Gasteiger charge is -2.22. The Hall–Kier alpha value is -2.43. The molecule has 0 aliphatic rings. The molecule has 104 valence electrons. The number of aryl methyl sites for hydroxylation is 1. The van der Waals surface area contributed by atoms with Crippen LogP contribution in [0.25, 0.3) is 0 Å². The van der Waals surface area contributed by atoms with Crippen molar-refractivity contribution in [1.29, 1.82) is 0 Å². The molecule has 0 amide bonds. The first-order valence-corrected chi connectivity index (χ1v) is 6.40. The molecule has 0 aliphatic heterocycles. The Kier molecular flexibility index (Phi) is 4.30. The van der Waals surface area contributed by atoms with E-state index in [0.29, 0.717) is 5.82 Å². The molecule has 0 aliphatic carbocycles. The average Bonchev–Trinajstić information content (AvgIpc) is 2.48. The van der Waals surface area contributed by atoms with Gasteiger partial charge in [-0.2, -0.15) is 0 Å². The van der Waals surface area contributed by atoms with Gasteiger partial charge >= 0.3 is 5.97 Å². The Balaban J connectivity index is 2.30. The minimum Gasteiger partial charge on any atom is -0.464 e. The quantitative estimate of drug-likeness (QED) is 0.800. The SMILES string of the molecule is CCN(c1cccc(C)c1)c1cnc(C(=O)OC)cn1. The minimum atomic E-state index is -0.484. The van der Waals surface area contributed by atoms with E-state index in [4.69, 9.17) is 0 Å². The largest absolute Gasteiger partial charge is 0.464 e. The van der Waals surface area contributed by atoms with E-state index >= 15 is 0 Å². The molecule has 0 bridgehead atoms. The van der Waals surface area contributed by atoms with Crippen LogP contribution in [0.2, 0.25) is 0 Å². The fourth-order valence-electron chi connectivity index (χ4n) is 1.94. The summed E-state index contributed by atoms with van der Waals surface area (Å²) >= 11 is 0. The highest BCUT2D eigenvalue weighted by molar-refractivity contribution is 5.86. The lowest BCUT2D eigenvalue weighted by Crippen LogP contribution is -2.18. The van der Waals surface area contributed by atoms with Crippen LogP contribution in [-0.2, 0) is 4.74 Å². The van der Waals surface area contributed by atoms with E-state index in [1.54, 1.807) is 6.20 Å². The van der Waals surface area contributed by atoms with Gasteiger partial charge in [0.2, 0.25) is 0 Å². The van der Waals surface area contributed by atoms with Crippen LogP contribution in [0.3, 0.4) is 0 Å². The van der Waals surface area contributed by atoms with Crippen molar-refractivity contribution in [2.24, 2.45) is 0 Å². The maximum absolute atomic E-state index is 11.3. The molecule has 20 heavy (non-hydrogen) atoms. The van der Waals surface area contributed by atoms with Gasteiger partial charge in [-0.3, -0.25) is 0 Å². The maximum atomic E-state index is 11.3. The molecule has 0 radical (unpaired) electrons. The number of rotatable bonds is 4. The predicted molar refractivity (Wildman–Crippen MR) is 77.2 cm³/mol. The van der Waals surface area contributed by atoms with E-state index in [0.717, 1.165) is 12.2 Å². The molecule has 1 heterocycles. The number of hydrogen-bond acceptors (Lipinski definition) is 5. The summed E-state index contributed by atoms with van der Waals surface area (Å²) in [4.78, 5) is 21.7. The molecule has 0 N–H and O–H groups in total. The summed E-state index contributed by atoms with van der Waals surface area (Å²) in [7, 11) is 1.32. The van der Waals surface area contributed by atoms with Crippen molar-refractivity contribution in [3.05, 3.63) is 47.9 Å². The number of nitrogens with zero attached hydrogens (tertiary/aromatic N) is 3. The number of esters is 1. The third-order valence-corrected chi connectivity index (χ3v) is 2.94. The molecule has 5 heteroatoms. The molecule has 0 fully saturated rings. The maximum Gasteiger partial charge on any atom is 0.358 e. The van der Waals surface area contributed by atoms with Crippen molar-refractivity contribution in [2.45, 2.75) is 13.8 Å². The fraction of sp³-hybridized carbons (Fsp3) is 0.267. The minimum absolute atomic E-state index is 0.205. The standard InChI is InChI=1S/C15H17N3O2/c1-4-18(12-7-5-6-11(2)8-12)14-10-16-13(9-17-14)15(19)20-3/h5-10H,4H2,1-3H3. The highest BCUT2D eigenvalue weighted by Crippen LogP contribution is 2.23. The van der Waals surface area contributed by atoms with Gasteiger partial charge in [-0.1, -0.05) is 12.1 Å². The van der Waals surface area contributed by atoms with E-state index < -0.39 is 5.97 Å². The Morgan fingerprint density at radius 1 is 1.30 bits per heavy atom. The van der Waals surface area contributed by atoms with Crippen molar-refractivity contribution < 1.29 is 9.53 Å². The Morgan fingerprint density at radius 3 is 2.65 bits per heavy atom. The Morgan fingerprint density at radius 2 is 2.10 bits per heavy atom. The Labute approximate surface area is 118 Å². The van der Waals surface area contributed by atoms with Crippen LogP contribution in [0, 0.1) is 6.92 Å². The second-order valence-electron chi connectivity index (χ2n) is 4.33. The monoisotopic (exact) mass is 271 g/mol. The van der Waals surface area contributed by atoms with Crippen LogP contribution in [0.4, 0.5) is 11.5 Å². The first-order valence-electron chi connectivity index (χ1n) is 6.40. The third-order valence-electron chi connectivity index (χ3n) is 2.94. The molecule has 0 spiro atoms. The lowest BCUT2D eigenvalue weighted by atomic mass is 10.2. The molecule has 0 saturated carbocycles. The molecular formula is C15H17N3O2. The number of anilines is 2. The second kappa shape index (κ2) is 6.14. The predicted octanol–water partition coefficient (Wildman–Crippen LogP) is 2.73. The van der Waals surface area contributed by atoms with Crippen LogP contribution in [0.5, 0.6) is 0 Å². The number of ether oxygens (including phenoxy) is 1. The molecule has 1 aromatic carbocycles. The van der Waals surface area contributed by atoms with Crippen LogP contribution in [0.1, 0.15) is 23.0 Å². The van der Waals surface area contributed by atoms with Gasteiger partial charge in [-0.05, 0) is 31.5 Å². The summed E-state index contributed by atoms with van der Waals surface area (Å²) in [5.74, 6) is 0.216. The van der Waals surface area contributed by atoms with E-state index in [9.17, 15) is 4.79 Å². The van der Waals surface area contributed by atoms with E-state index in [1.165, 1.54) is 18.9 Å². The van der Waals surface area contributed by atoms with Gasteiger partial charge in [-0.15, -0.1) is 0 Å². The number of hydrogen-bond donors (Lipinski definition) is 0. The van der Waals surface area contributed by atoms with E-state index in [1.807, 2.05) is 36.9 Å². The molecule has 2 rings (SSSR count). The second-order valence-corrected chi connectivity index (χ2v) is 4.33. The van der Waals surface area contributed by atoms with Gasteiger partial charge in [0.15, 0.2) is 11.5 Å². The van der Waals surface area contributed by atoms with E-state index in [-0.39, 0.29) is 5.69 Å². The van der Waals surface area contributed by atoms with Gasteiger partial charge in [0.25, 0.3) is 0 Å². The summed E-state index contributed by atoms with van der Waals surface area (Å²) in [5.41, 5.74) is 2.43. The summed E-state index contributed by atoms with van der Waals surface area (Å²) in [5, 5.41) is 0. The normalized spacial score (nSPS) is 10.2. The molecule has 0 atom stereocenters. The van der Waals surface area contributed by atoms with Crippen LogP contribution >= 0.6 is 0 Å². The molecule has 1 aromatic heterocycles. The summed E-state index contributed by atoms with van der Waals surface area (Å²) in [6.45, 7) is 4.84. The van der Waals surface area contributed by atoms with Gasteiger partial charge in [0.05, 0.1) is 19.5 Å². The van der Waals surface area contributed by atoms with Crippen molar-refractivity contribution >= 4 is 17.5 Å². The summed E-state index contributed by atoms with van der Waals surface area (Å²) in [6.07, 6.45) is 3.01. The number of benzene rings is 1. The highest BCUT2D eigenvalue weighted by atomic mass is 16.5. The zero-order valence-corrected chi connectivity index (χ0v) is 11.8. The van der Waals surface area contributed by atoms with Crippen molar-refractivity contribution in [3.63, 3.8) is 0 Å². The smallest absolute Gasteiger partial charge is 0.358 e. The van der Waals surface area contributed by atoms with Gasteiger partial charge in [0, 0.05) is 12.2 Å². The highest BCUT2D eigenvalue weighted by Gasteiger charge is 2.12. The zero-order chi connectivity index (χ0) is 14.5.